The first kappa shape index (κ1) is 27.4. The molecule has 0 bridgehead atoms. The Morgan fingerprint density at radius 1 is 1.11 bits per heavy atom. The van der Waals surface area contributed by atoms with Gasteiger partial charge in [-0.25, -0.2) is 0 Å². The van der Waals surface area contributed by atoms with E-state index >= 15 is 0 Å². The molecule has 4 rings (SSSR count). The summed E-state index contributed by atoms with van der Waals surface area (Å²) in [5, 5.41) is 3.80. The van der Waals surface area contributed by atoms with E-state index in [-0.39, 0.29) is 35.6 Å². The summed E-state index contributed by atoms with van der Waals surface area (Å²) < 4.78 is 92.9. The number of benzene rings is 1. The van der Waals surface area contributed by atoms with Crippen LogP contribution in [-0.2, 0) is 6.18 Å². The molecule has 0 spiro atoms. The van der Waals surface area contributed by atoms with Crippen LogP contribution in [0.4, 0.5) is 26.3 Å². The van der Waals surface area contributed by atoms with Crippen molar-refractivity contribution in [2.24, 2.45) is 16.0 Å². The number of likely N-dealkylation sites (tertiary alicyclic amines) is 1. The zero-order valence-electron chi connectivity index (χ0n) is 19.8. The molecule has 1 aliphatic carbocycles. The number of guanidine groups is 1. The highest BCUT2D eigenvalue weighted by Gasteiger charge is 2.37. The number of rotatable bonds is 7. The summed E-state index contributed by atoms with van der Waals surface area (Å²) in [7, 11) is 0. The molecule has 2 N–H and O–H groups in total. The number of hydrogen-bond acceptors (Lipinski definition) is 6. The molecular formula is C23H27F6N5O2S. The van der Waals surface area contributed by atoms with Crippen molar-refractivity contribution in [3.63, 3.8) is 0 Å². The molecule has 1 saturated heterocycles. The Morgan fingerprint density at radius 2 is 1.86 bits per heavy atom. The predicted molar refractivity (Wildman–Crippen MR) is 125 cm³/mol. The largest absolute Gasteiger partial charge is 0.493 e. The molecule has 0 radical (unpaired) electrons. The quantitative estimate of drug-likeness (QED) is 0.177. The van der Waals surface area contributed by atoms with Crippen LogP contribution in [0, 0.1) is 5.92 Å². The number of hydrogen-bond donors (Lipinski definition) is 1. The fraction of sp³-hybridized carbons (Fsp3) is 0.609. The summed E-state index contributed by atoms with van der Waals surface area (Å²) in [5.41, 5.74) is 0.275. The van der Waals surface area contributed by atoms with E-state index in [1.165, 1.54) is 23.5 Å². The van der Waals surface area contributed by atoms with Crippen LogP contribution in [0.15, 0.2) is 27.1 Å². The van der Waals surface area contributed by atoms with Gasteiger partial charge >= 0.3 is 11.7 Å². The average Bonchev–Trinajstić information content (AvgIpc) is 3.52. The summed E-state index contributed by atoms with van der Waals surface area (Å²) in [4.78, 5) is 5.62. The van der Waals surface area contributed by atoms with Crippen LogP contribution in [0.5, 0.6) is 5.75 Å². The molecule has 2 heterocycles. The molecule has 2 aliphatic rings. The molecule has 0 amide bonds. The molecule has 2 aromatic rings. The van der Waals surface area contributed by atoms with Crippen LogP contribution < -0.4 is 10.5 Å². The topological polar surface area (TPSA) is 89.8 Å². The molecule has 7 nitrogen and oxygen atoms in total. The summed E-state index contributed by atoms with van der Waals surface area (Å²) in [6, 6.07) is 2.94. The molecule has 2 fully saturated rings. The van der Waals surface area contributed by atoms with Gasteiger partial charge in [0.15, 0.2) is 0 Å². The van der Waals surface area contributed by atoms with Gasteiger partial charge in [0.05, 0.1) is 24.1 Å². The summed E-state index contributed by atoms with van der Waals surface area (Å²) in [6.07, 6.45) is 2.72. The number of ether oxygens (including phenoxy) is 1. The standard InChI is InChI=1S/C23H27F6N5O2S/c24-22(25,26)16-13-15(8-9-18(16)35-12-10-14-5-2-1-3-6-14)19-31-20(36-32-19)17-7-4-11-34(17)21(30)33-37-23(27,28)29/h8-9,13-14,17H,1-7,10-12H2,(H2,30,33). The lowest BCUT2D eigenvalue weighted by Gasteiger charge is -2.22. The number of halogens is 6. The van der Waals surface area contributed by atoms with Crippen LogP contribution in [0.2, 0.25) is 0 Å². The Kier molecular flexibility index (Phi) is 8.44. The molecule has 204 valence electrons. The third-order valence-corrected chi connectivity index (χ3v) is 7.05. The molecule has 14 heteroatoms. The van der Waals surface area contributed by atoms with Crippen molar-refractivity contribution in [1.82, 2.24) is 15.0 Å². The number of nitrogens with two attached hydrogens (primary N) is 1. The lowest BCUT2D eigenvalue weighted by Crippen LogP contribution is -2.36. The minimum atomic E-state index is -4.66. The smallest absolute Gasteiger partial charge is 0.463 e. The van der Waals surface area contributed by atoms with Crippen molar-refractivity contribution in [1.29, 1.82) is 0 Å². The van der Waals surface area contributed by atoms with E-state index in [1.54, 1.807) is 0 Å². The van der Waals surface area contributed by atoms with Crippen molar-refractivity contribution in [2.45, 2.75) is 69.1 Å². The van der Waals surface area contributed by atoms with E-state index in [1.807, 2.05) is 0 Å². The van der Waals surface area contributed by atoms with Gasteiger partial charge < -0.3 is 19.9 Å². The van der Waals surface area contributed by atoms with Crippen molar-refractivity contribution >= 4 is 17.9 Å². The number of aromatic nitrogens is 2. The van der Waals surface area contributed by atoms with Gasteiger partial charge in [-0.05, 0) is 43.4 Å². The van der Waals surface area contributed by atoms with Crippen LogP contribution in [-0.4, -0.2) is 39.7 Å². The van der Waals surface area contributed by atoms with Crippen molar-refractivity contribution in [3.05, 3.63) is 29.7 Å². The van der Waals surface area contributed by atoms with Crippen molar-refractivity contribution < 1.29 is 35.6 Å². The number of nitrogens with zero attached hydrogens (tertiary/aromatic N) is 4. The monoisotopic (exact) mass is 551 g/mol. The summed E-state index contributed by atoms with van der Waals surface area (Å²) >= 11 is -0.617. The molecule has 1 atom stereocenters. The van der Waals surface area contributed by atoms with Crippen LogP contribution in [0.25, 0.3) is 11.4 Å². The molecule has 1 aliphatic heterocycles. The molecule has 37 heavy (non-hydrogen) atoms. The second-order valence-electron chi connectivity index (χ2n) is 9.14. The van der Waals surface area contributed by atoms with Gasteiger partial charge in [0.25, 0.3) is 0 Å². The average molecular weight is 552 g/mol. The van der Waals surface area contributed by atoms with E-state index in [0.29, 0.717) is 31.7 Å². The fourth-order valence-corrected chi connectivity index (χ4v) is 5.07. The van der Waals surface area contributed by atoms with E-state index in [4.69, 9.17) is 15.0 Å². The maximum Gasteiger partial charge on any atom is 0.463 e. The maximum atomic E-state index is 13.8. The first-order chi connectivity index (χ1) is 17.5. The van der Waals surface area contributed by atoms with Gasteiger partial charge in [-0.2, -0.15) is 35.7 Å². The lowest BCUT2D eigenvalue weighted by molar-refractivity contribution is -0.138. The fourth-order valence-electron chi connectivity index (χ4n) is 4.76. The van der Waals surface area contributed by atoms with Gasteiger partial charge in [0, 0.05) is 12.1 Å². The Labute approximate surface area is 213 Å². The van der Waals surface area contributed by atoms with E-state index in [2.05, 4.69) is 14.5 Å². The zero-order valence-corrected chi connectivity index (χ0v) is 20.6. The Hall–Kier alpha value is -2.64. The van der Waals surface area contributed by atoms with Crippen molar-refractivity contribution in [2.75, 3.05) is 13.2 Å². The first-order valence-corrected chi connectivity index (χ1v) is 12.8. The minimum Gasteiger partial charge on any atom is -0.493 e. The molecule has 1 aromatic carbocycles. The highest BCUT2D eigenvalue weighted by atomic mass is 32.2. The SMILES string of the molecule is N/C(=N/SC(F)(F)F)N1CCCC1c1nc(-c2ccc(OCCC3CCCCC3)c(C(F)(F)F)c2)no1. The molecule has 1 unspecified atom stereocenters. The Bertz CT molecular complexity index is 1080. The second kappa shape index (κ2) is 11.4. The molecular weight excluding hydrogens is 524 g/mol. The van der Waals surface area contributed by atoms with Crippen molar-refractivity contribution in [3.8, 4) is 17.1 Å². The predicted octanol–water partition coefficient (Wildman–Crippen LogP) is 6.72. The molecule has 1 aromatic heterocycles. The third-order valence-electron chi connectivity index (χ3n) is 6.57. The number of alkyl halides is 6. The van der Waals surface area contributed by atoms with E-state index in [0.717, 1.165) is 31.7 Å². The van der Waals surface area contributed by atoms with E-state index in [9.17, 15) is 26.3 Å². The minimum absolute atomic E-state index is 0.0315. The summed E-state index contributed by atoms with van der Waals surface area (Å²) in [5.74, 6) is -0.186. The van der Waals surface area contributed by atoms with Crippen LogP contribution in [0.1, 0.15) is 68.9 Å². The Morgan fingerprint density at radius 3 is 2.57 bits per heavy atom. The highest BCUT2D eigenvalue weighted by molar-refractivity contribution is 7.99. The zero-order chi connectivity index (χ0) is 26.6. The van der Waals surface area contributed by atoms with Crippen LogP contribution in [0.3, 0.4) is 0 Å². The first-order valence-electron chi connectivity index (χ1n) is 12.0. The van der Waals surface area contributed by atoms with Gasteiger partial charge in [-0.15, -0.1) is 0 Å². The Balaban J connectivity index is 1.48. The van der Waals surface area contributed by atoms with Gasteiger partial charge in [0.1, 0.15) is 11.8 Å². The second-order valence-corrected chi connectivity index (χ2v) is 9.97. The van der Waals surface area contributed by atoms with Gasteiger partial charge in [0.2, 0.25) is 17.7 Å². The normalized spacial score (nSPS) is 20.0. The van der Waals surface area contributed by atoms with Gasteiger partial charge in [-0.1, -0.05) is 37.3 Å². The maximum absolute atomic E-state index is 13.8. The van der Waals surface area contributed by atoms with Crippen LogP contribution >= 0.6 is 11.9 Å². The highest BCUT2D eigenvalue weighted by Crippen LogP contribution is 2.40. The van der Waals surface area contributed by atoms with Gasteiger partial charge in [-0.3, -0.25) is 0 Å². The van der Waals surface area contributed by atoms with E-state index < -0.39 is 35.2 Å². The summed E-state index contributed by atoms with van der Waals surface area (Å²) in [6.45, 7) is 0.522. The third kappa shape index (κ3) is 7.23. The lowest BCUT2D eigenvalue weighted by atomic mass is 9.87. The molecule has 1 saturated carbocycles.